The van der Waals surface area contributed by atoms with Crippen molar-refractivity contribution in [2.24, 2.45) is 5.92 Å². The Bertz CT molecular complexity index is 367. The summed E-state index contributed by atoms with van der Waals surface area (Å²) in [6.45, 7) is 5.03. The largest absolute Gasteiger partial charge is 0.481 e. The van der Waals surface area contributed by atoms with Crippen LogP contribution in [0.3, 0.4) is 0 Å². The second kappa shape index (κ2) is 7.72. The molecule has 0 saturated carbocycles. The Morgan fingerprint density at radius 1 is 1.20 bits per heavy atom. The van der Waals surface area contributed by atoms with Gasteiger partial charge in [0.25, 0.3) is 0 Å². The van der Waals surface area contributed by atoms with Crippen LogP contribution in [0.15, 0.2) is 0 Å². The van der Waals surface area contributed by atoms with Crippen molar-refractivity contribution in [2.45, 2.75) is 39.2 Å². The number of carbonyl (C=O) groups is 3. The summed E-state index contributed by atoms with van der Waals surface area (Å²) in [7, 11) is 0. The average molecular weight is 285 g/mol. The van der Waals surface area contributed by atoms with Gasteiger partial charge in [0.1, 0.15) is 0 Å². The molecular weight excluding hydrogens is 262 g/mol. The van der Waals surface area contributed by atoms with Gasteiger partial charge in [-0.15, -0.1) is 0 Å². The first kappa shape index (κ1) is 16.3. The molecule has 0 aromatic carbocycles. The number of nitrogens with one attached hydrogen (secondary N) is 2. The summed E-state index contributed by atoms with van der Waals surface area (Å²) in [5, 5.41) is 13.9. The van der Waals surface area contributed by atoms with E-state index >= 15 is 0 Å². The van der Waals surface area contributed by atoms with E-state index in [9.17, 15) is 14.4 Å². The van der Waals surface area contributed by atoms with Crippen LogP contribution in [0.2, 0.25) is 0 Å². The van der Waals surface area contributed by atoms with Gasteiger partial charge in [0.05, 0.1) is 5.92 Å². The predicted molar refractivity (Wildman–Crippen MR) is 73.2 cm³/mol. The lowest BCUT2D eigenvalue weighted by molar-refractivity contribution is -0.141. The van der Waals surface area contributed by atoms with Gasteiger partial charge in [0, 0.05) is 32.1 Å². The summed E-state index contributed by atoms with van der Waals surface area (Å²) >= 11 is 0. The lowest BCUT2D eigenvalue weighted by Crippen LogP contribution is -2.46. The molecule has 2 atom stereocenters. The standard InChI is InChI=1S/C13H23N3O4/c1-9(12(18)19)10(2)15-13(20)14-6-5-11(17)16-7-3-4-8-16/h9-10H,3-8H2,1-2H3,(H,18,19)(H2,14,15,20). The fourth-order valence-electron chi connectivity index (χ4n) is 2.00. The quantitative estimate of drug-likeness (QED) is 0.658. The molecule has 3 amide bonds. The van der Waals surface area contributed by atoms with Gasteiger partial charge in [0.2, 0.25) is 5.91 Å². The minimum absolute atomic E-state index is 0.0507. The van der Waals surface area contributed by atoms with Crippen molar-refractivity contribution < 1.29 is 19.5 Å². The molecule has 7 nitrogen and oxygen atoms in total. The van der Waals surface area contributed by atoms with Gasteiger partial charge in [-0.2, -0.15) is 0 Å². The minimum atomic E-state index is -0.956. The molecule has 1 fully saturated rings. The Balaban J connectivity index is 2.19. The summed E-state index contributed by atoms with van der Waals surface area (Å²) in [6.07, 6.45) is 2.37. The van der Waals surface area contributed by atoms with E-state index in [-0.39, 0.29) is 18.9 Å². The lowest BCUT2D eigenvalue weighted by Gasteiger charge is -2.19. The van der Waals surface area contributed by atoms with E-state index in [1.54, 1.807) is 11.8 Å². The van der Waals surface area contributed by atoms with Gasteiger partial charge in [-0.25, -0.2) is 4.79 Å². The highest BCUT2D eigenvalue weighted by Gasteiger charge is 2.21. The number of nitrogens with zero attached hydrogens (tertiary/aromatic N) is 1. The maximum absolute atomic E-state index is 11.7. The molecule has 0 aromatic rings. The second-order valence-corrected chi connectivity index (χ2v) is 5.15. The third kappa shape index (κ3) is 5.07. The summed E-state index contributed by atoms with van der Waals surface area (Å²) in [4.78, 5) is 35.8. The highest BCUT2D eigenvalue weighted by Crippen LogP contribution is 2.08. The first-order valence-corrected chi connectivity index (χ1v) is 6.96. The molecule has 1 aliphatic heterocycles. The van der Waals surface area contributed by atoms with Crippen LogP contribution in [-0.2, 0) is 9.59 Å². The van der Waals surface area contributed by atoms with Gasteiger partial charge in [0.15, 0.2) is 0 Å². The monoisotopic (exact) mass is 285 g/mol. The third-order valence-corrected chi connectivity index (χ3v) is 3.58. The number of amides is 3. The van der Waals surface area contributed by atoms with Crippen LogP contribution in [0.4, 0.5) is 4.79 Å². The van der Waals surface area contributed by atoms with Gasteiger partial charge < -0.3 is 20.6 Å². The summed E-state index contributed by atoms with van der Waals surface area (Å²) < 4.78 is 0. The van der Waals surface area contributed by atoms with E-state index in [0.717, 1.165) is 25.9 Å². The number of rotatable bonds is 6. The zero-order valence-corrected chi connectivity index (χ0v) is 12.0. The first-order chi connectivity index (χ1) is 9.41. The Morgan fingerprint density at radius 3 is 2.35 bits per heavy atom. The molecule has 1 saturated heterocycles. The Kier molecular flexibility index (Phi) is 6.27. The molecule has 20 heavy (non-hydrogen) atoms. The van der Waals surface area contributed by atoms with Crippen molar-refractivity contribution in [3.8, 4) is 0 Å². The Labute approximate surface area is 118 Å². The van der Waals surface area contributed by atoms with E-state index in [4.69, 9.17) is 5.11 Å². The van der Waals surface area contributed by atoms with Crippen molar-refractivity contribution in [1.82, 2.24) is 15.5 Å². The van der Waals surface area contributed by atoms with Crippen molar-refractivity contribution in [3.05, 3.63) is 0 Å². The van der Waals surface area contributed by atoms with Crippen LogP contribution >= 0.6 is 0 Å². The molecule has 0 spiro atoms. The number of hydrogen-bond acceptors (Lipinski definition) is 3. The number of aliphatic carboxylic acids is 1. The molecule has 7 heteroatoms. The normalized spacial score (nSPS) is 17.4. The van der Waals surface area contributed by atoms with E-state index in [2.05, 4.69) is 10.6 Å². The molecule has 1 rings (SSSR count). The van der Waals surface area contributed by atoms with Gasteiger partial charge in [-0.3, -0.25) is 9.59 Å². The predicted octanol–water partition coefficient (Wildman–Crippen LogP) is 0.407. The molecule has 0 bridgehead atoms. The van der Waals surface area contributed by atoms with E-state index in [1.807, 2.05) is 0 Å². The van der Waals surface area contributed by atoms with Gasteiger partial charge >= 0.3 is 12.0 Å². The number of urea groups is 1. The fraction of sp³-hybridized carbons (Fsp3) is 0.769. The zero-order chi connectivity index (χ0) is 15.1. The molecule has 0 aliphatic carbocycles. The number of hydrogen-bond donors (Lipinski definition) is 3. The second-order valence-electron chi connectivity index (χ2n) is 5.15. The maximum atomic E-state index is 11.7. The van der Waals surface area contributed by atoms with Crippen LogP contribution in [0.25, 0.3) is 0 Å². The van der Waals surface area contributed by atoms with Gasteiger partial charge in [-0.05, 0) is 26.7 Å². The van der Waals surface area contributed by atoms with Crippen molar-refractivity contribution in [2.75, 3.05) is 19.6 Å². The van der Waals surface area contributed by atoms with Crippen LogP contribution < -0.4 is 10.6 Å². The van der Waals surface area contributed by atoms with Crippen LogP contribution in [0, 0.1) is 5.92 Å². The number of likely N-dealkylation sites (tertiary alicyclic amines) is 1. The van der Waals surface area contributed by atoms with Crippen LogP contribution in [0.5, 0.6) is 0 Å². The highest BCUT2D eigenvalue weighted by molar-refractivity contribution is 5.79. The highest BCUT2D eigenvalue weighted by atomic mass is 16.4. The van der Waals surface area contributed by atoms with E-state index < -0.39 is 24.0 Å². The molecule has 114 valence electrons. The maximum Gasteiger partial charge on any atom is 0.315 e. The summed E-state index contributed by atoms with van der Waals surface area (Å²) in [6, 6.07) is -0.915. The third-order valence-electron chi connectivity index (χ3n) is 3.58. The first-order valence-electron chi connectivity index (χ1n) is 6.96. The zero-order valence-electron chi connectivity index (χ0n) is 12.0. The molecule has 1 aliphatic rings. The molecule has 3 N–H and O–H groups in total. The van der Waals surface area contributed by atoms with E-state index in [1.165, 1.54) is 6.92 Å². The molecule has 0 aromatic heterocycles. The topological polar surface area (TPSA) is 98.7 Å². The molecule has 2 unspecified atom stereocenters. The molecule has 0 radical (unpaired) electrons. The van der Waals surface area contributed by atoms with Crippen molar-refractivity contribution in [3.63, 3.8) is 0 Å². The summed E-state index contributed by atoms with van der Waals surface area (Å²) in [5.74, 6) is -1.57. The van der Waals surface area contributed by atoms with E-state index in [0.29, 0.717) is 0 Å². The Morgan fingerprint density at radius 2 is 1.80 bits per heavy atom. The summed E-state index contributed by atoms with van der Waals surface area (Å²) in [5.41, 5.74) is 0. The SMILES string of the molecule is CC(NC(=O)NCCC(=O)N1CCCC1)C(C)C(=O)O. The number of carboxylic acids is 1. The number of carboxylic acid groups (broad SMARTS) is 1. The lowest BCUT2D eigenvalue weighted by atomic mass is 10.0. The molecular formula is C13H23N3O4. The van der Waals surface area contributed by atoms with Crippen molar-refractivity contribution >= 4 is 17.9 Å². The minimum Gasteiger partial charge on any atom is -0.481 e. The molecule has 1 heterocycles. The van der Waals surface area contributed by atoms with Crippen molar-refractivity contribution in [1.29, 1.82) is 0 Å². The van der Waals surface area contributed by atoms with Gasteiger partial charge in [-0.1, -0.05) is 0 Å². The Hall–Kier alpha value is -1.79. The number of carbonyl (C=O) groups excluding carboxylic acids is 2. The smallest absolute Gasteiger partial charge is 0.315 e. The average Bonchev–Trinajstić information content (AvgIpc) is 2.91. The van der Waals surface area contributed by atoms with Crippen LogP contribution in [-0.4, -0.2) is 53.6 Å². The fourth-order valence-corrected chi connectivity index (χ4v) is 2.00. The van der Waals surface area contributed by atoms with Crippen LogP contribution in [0.1, 0.15) is 33.1 Å².